The monoisotopic (exact) mass is 368 g/mol. The lowest BCUT2D eigenvalue weighted by Crippen LogP contribution is -2.38. The van der Waals surface area contributed by atoms with E-state index in [0.29, 0.717) is 30.8 Å². The summed E-state index contributed by atoms with van der Waals surface area (Å²) in [7, 11) is 0. The smallest absolute Gasteiger partial charge is 0.207 e. The van der Waals surface area contributed by atoms with Crippen molar-refractivity contribution in [3.8, 4) is 23.0 Å². The van der Waals surface area contributed by atoms with Crippen molar-refractivity contribution in [2.24, 2.45) is 0 Å². The third-order valence-electron chi connectivity index (χ3n) is 5.62. The summed E-state index contributed by atoms with van der Waals surface area (Å²) in [5, 5.41) is 30.7. The Hall–Kier alpha value is -3.06. The van der Waals surface area contributed by atoms with E-state index < -0.39 is 23.1 Å². The van der Waals surface area contributed by atoms with Gasteiger partial charge in [-0.25, -0.2) is 0 Å². The maximum absolute atomic E-state index is 13.0. The van der Waals surface area contributed by atoms with Gasteiger partial charge in [-0.05, 0) is 18.6 Å². The van der Waals surface area contributed by atoms with Crippen LogP contribution in [0.5, 0.6) is 23.0 Å². The lowest BCUT2D eigenvalue weighted by molar-refractivity contribution is -0.188. The number of carbonyl (C=O) groups is 2. The number of ketones is 2. The molecule has 3 heterocycles. The molecule has 2 bridgehead atoms. The standard InChI is InChI=1S/C20H16O7/c1-20-3-2-8(7-26-20)14-13(27-20)6-11-16(18(14)24)19(25)15-10(17(11)23)4-9(21)5-12(15)22/h4-6,8,21-22,24H,2-3,7H2,1H3/t8-,20-/m0/s1. The van der Waals surface area contributed by atoms with Crippen LogP contribution in [0.1, 0.15) is 63.1 Å². The Balaban J connectivity index is 1.79. The van der Waals surface area contributed by atoms with E-state index in [2.05, 4.69) is 0 Å². The van der Waals surface area contributed by atoms with E-state index in [1.807, 2.05) is 0 Å². The largest absolute Gasteiger partial charge is 0.508 e. The summed E-state index contributed by atoms with van der Waals surface area (Å²) in [6, 6.07) is 3.59. The third kappa shape index (κ3) is 2.06. The lowest BCUT2D eigenvalue weighted by atomic mass is 9.79. The second-order valence-electron chi connectivity index (χ2n) is 7.39. The summed E-state index contributed by atoms with van der Waals surface area (Å²) in [4.78, 5) is 26.0. The predicted molar refractivity (Wildman–Crippen MR) is 91.7 cm³/mol. The summed E-state index contributed by atoms with van der Waals surface area (Å²) in [5.41, 5.74) is -0.0335. The van der Waals surface area contributed by atoms with Crippen LogP contribution in [0.3, 0.4) is 0 Å². The van der Waals surface area contributed by atoms with Gasteiger partial charge in [-0.2, -0.15) is 0 Å². The number of hydrogen-bond acceptors (Lipinski definition) is 7. The second-order valence-corrected chi connectivity index (χ2v) is 7.39. The second kappa shape index (κ2) is 5.01. The molecule has 7 nitrogen and oxygen atoms in total. The molecule has 2 aromatic carbocycles. The molecule has 2 atom stereocenters. The van der Waals surface area contributed by atoms with Crippen LogP contribution in [0.25, 0.3) is 0 Å². The van der Waals surface area contributed by atoms with Crippen LogP contribution in [0.2, 0.25) is 0 Å². The van der Waals surface area contributed by atoms with Crippen molar-refractivity contribution < 1.29 is 34.4 Å². The number of ether oxygens (including phenoxy) is 2. The Morgan fingerprint density at radius 1 is 1.04 bits per heavy atom. The van der Waals surface area contributed by atoms with E-state index in [1.165, 1.54) is 6.07 Å². The molecule has 27 heavy (non-hydrogen) atoms. The van der Waals surface area contributed by atoms with Crippen LogP contribution in [-0.2, 0) is 4.74 Å². The molecule has 0 saturated carbocycles. The van der Waals surface area contributed by atoms with E-state index in [-0.39, 0.29) is 39.7 Å². The highest BCUT2D eigenvalue weighted by molar-refractivity contribution is 6.30. The number of carbonyl (C=O) groups excluding carboxylic acids is 2. The van der Waals surface area contributed by atoms with Crippen molar-refractivity contribution in [2.45, 2.75) is 31.5 Å². The summed E-state index contributed by atoms with van der Waals surface area (Å²) in [6.07, 6.45) is 1.33. The van der Waals surface area contributed by atoms with E-state index in [1.54, 1.807) is 6.92 Å². The minimum atomic E-state index is -0.849. The van der Waals surface area contributed by atoms with Crippen molar-refractivity contribution in [3.05, 3.63) is 46.0 Å². The van der Waals surface area contributed by atoms with E-state index in [4.69, 9.17) is 9.47 Å². The highest BCUT2D eigenvalue weighted by atomic mass is 16.7. The molecule has 3 aliphatic heterocycles. The molecule has 0 spiro atoms. The van der Waals surface area contributed by atoms with Gasteiger partial charge in [0.15, 0.2) is 5.78 Å². The Morgan fingerprint density at radius 2 is 1.78 bits per heavy atom. The molecule has 0 aromatic heterocycles. The number of benzene rings is 2. The summed E-state index contributed by atoms with van der Waals surface area (Å²) < 4.78 is 11.7. The van der Waals surface area contributed by atoms with Gasteiger partial charge in [0, 0.05) is 42.0 Å². The molecule has 0 radical (unpaired) electrons. The van der Waals surface area contributed by atoms with Crippen LogP contribution in [0, 0.1) is 0 Å². The van der Waals surface area contributed by atoms with Gasteiger partial charge in [-0.15, -0.1) is 0 Å². The fourth-order valence-corrected chi connectivity index (χ4v) is 4.26. The molecular formula is C20H16O7. The topological polar surface area (TPSA) is 113 Å². The Morgan fingerprint density at radius 3 is 2.48 bits per heavy atom. The van der Waals surface area contributed by atoms with E-state index in [0.717, 1.165) is 12.1 Å². The van der Waals surface area contributed by atoms with Crippen molar-refractivity contribution in [1.29, 1.82) is 0 Å². The maximum atomic E-state index is 13.0. The minimum absolute atomic E-state index is 0.0151. The molecule has 7 heteroatoms. The zero-order chi connectivity index (χ0) is 19.1. The number of rotatable bonds is 0. The van der Waals surface area contributed by atoms with Crippen molar-refractivity contribution >= 4 is 11.6 Å². The molecule has 6 rings (SSSR count). The van der Waals surface area contributed by atoms with Gasteiger partial charge in [0.25, 0.3) is 0 Å². The fourth-order valence-electron chi connectivity index (χ4n) is 4.26. The zero-order valence-corrected chi connectivity index (χ0v) is 14.4. The first-order chi connectivity index (χ1) is 12.8. The van der Waals surface area contributed by atoms with E-state index >= 15 is 0 Å². The molecule has 1 aliphatic carbocycles. The molecule has 0 amide bonds. The molecular weight excluding hydrogens is 352 g/mol. The molecule has 2 aromatic rings. The highest BCUT2D eigenvalue weighted by Crippen LogP contribution is 2.51. The van der Waals surface area contributed by atoms with Gasteiger partial charge in [-0.3, -0.25) is 9.59 Å². The van der Waals surface area contributed by atoms with Crippen LogP contribution in [0.15, 0.2) is 18.2 Å². The first-order valence-corrected chi connectivity index (χ1v) is 8.67. The fraction of sp³-hybridized carbons (Fsp3) is 0.300. The van der Waals surface area contributed by atoms with Crippen molar-refractivity contribution in [1.82, 2.24) is 0 Å². The average molecular weight is 368 g/mol. The highest BCUT2D eigenvalue weighted by Gasteiger charge is 2.44. The van der Waals surface area contributed by atoms with Crippen molar-refractivity contribution in [3.63, 3.8) is 0 Å². The maximum Gasteiger partial charge on any atom is 0.207 e. The van der Waals surface area contributed by atoms with Gasteiger partial charge >= 0.3 is 0 Å². The zero-order valence-electron chi connectivity index (χ0n) is 14.4. The van der Waals surface area contributed by atoms with Crippen LogP contribution in [0.4, 0.5) is 0 Å². The molecule has 1 fully saturated rings. The number of phenols is 3. The van der Waals surface area contributed by atoms with Crippen LogP contribution >= 0.6 is 0 Å². The number of phenolic OH excluding ortho intramolecular Hbond substituents is 3. The van der Waals surface area contributed by atoms with Crippen molar-refractivity contribution in [2.75, 3.05) is 6.61 Å². The first-order valence-electron chi connectivity index (χ1n) is 8.67. The van der Waals surface area contributed by atoms with Gasteiger partial charge < -0.3 is 24.8 Å². The number of aromatic hydroxyl groups is 3. The Kier molecular flexibility index (Phi) is 3.00. The van der Waals surface area contributed by atoms with Gasteiger partial charge in [-0.1, -0.05) is 0 Å². The summed E-state index contributed by atoms with van der Waals surface area (Å²) in [6.45, 7) is 2.14. The van der Waals surface area contributed by atoms with Gasteiger partial charge in [0.2, 0.25) is 11.6 Å². The summed E-state index contributed by atoms with van der Waals surface area (Å²) in [5.74, 6) is -3.06. The van der Waals surface area contributed by atoms with Crippen LogP contribution < -0.4 is 4.74 Å². The SMILES string of the molecule is C[C@]12CC[C@@H](CO1)c1c(cc3c(c1O)C(=O)c1c(O)cc(O)cc1C3=O)O2. The number of fused-ring (bicyclic) bond motifs is 4. The normalized spacial score (nSPS) is 25.3. The summed E-state index contributed by atoms with van der Waals surface area (Å²) >= 11 is 0. The quantitative estimate of drug-likeness (QED) is 0.559. The Bertz CT molecular complexity index is 1050. The Labute approximate surface area is 153 Å². The van der Waals surface area contributed by atoms with E-state index in [9.17, 15) is 24.9 Å². The molecule has 3 N–H and O–H groups in total. The van der Waals surface area contributed by atoms with Crippen LogP contribution in [-0.4, -0.2) is 39.3 Å². The van der Waals surface area contributed by atoms with Gasteiger partial charge in [0.1, 0.15) is 23.0 Å². The molecule has 1 saturated heterocycles. The first kappa shape index (κ1) is 16.1. The molecule has 4 aliphatic rings. The number of hydrogen-bond donors (Lipinski definition) is 3. The lowest BCUT2D eigenvalue weighted by Gasteiger charge is -2.32. The predicted octanol–water partition coefficient (Wildman–Crippen LogP) is 2.58. The third-order valence-corrected chi connectivity index (χ3v) is 5.62. The molecule has 138 valence electrons. The minimum Gasteiger partial charge on any atom is -0.508 e. The average Bonchev–Trinajstić information content (AvgIpc) is 2.83. The van der Waals surface area contributed by atoms with Gasteiger partial charge in [0.05, 0.1) is 17.7 Å². The molecule has 0 unspecified atom stereocenters.